The number of carbonyl (C=O) groups is 6. The molecule has 7 N–H and O–H groups in total. The molecule has 0 aromatic rings. The van der Waals surface area contributed by atoms with Gasteiger partial charge in [-0.15, -0.1) is 0 Å². The summed E-state index contributed by atoms with van der Waals surface area (Å²) in [6.07, 6.45) is 22.4. The number of nitrogens with one attached hydrogen (secondary N) is 3. The summed E-state index contributed by atoms with van der Waals surface area (Å²) in [5, 5.41) is 25.3. The molecule has 0 bridgehead atoms. The largest absolute Gasteiger partial charge is 0.481 e. The molecule has 0 radical (unpaired) electrons. The van der Waals surface area contributed by atoms with E-state index < -0.39 is 11.9 Å². The summed E-state index contributed by atoms with van der Waals surface area (Å²) in [5.74, 6) is -1.68. The fourth-order valence-corrected chi connectivity index (χ4v) is 5.93. The van der Waals surface area contributed by atoms with Crippen LogP contribution in [0.3, 0.4) is 0 Å². The lowest BCUT2D eigenvalue weighted by Crippen LogP contribution is -2.27. The molecule has 0 aliphatic rings. The van der Waals surface area contributed by atoms with E-state index in [9.17, 15) is 28.8 Å². The second-order valence-corrected chi connectivity index (χ2v) is 15.9. The SMILES string of the molecule is CCC(=O)CCCCCNC(=O)CCOCCOCCOCCOCCOCCOCCNC(=O)CCCC(=O)O.CNC.NC(=O)CCCCCCCCCCCCCCCCC(=O)O. The van der Waals surface area contributed by atoms with Crippen molar-refractivity contribution >= 4 is 35.4 Å². The molecule has 0 heterocycles. The molecule has 0 aromatic carbocycles. The van der Waals surface area contributed by atoms with Crippen LogP contribution in [-0.4, -0.2) is 152 Å². The van der Waals surface area contributed by atoms with Gasteiger partial charge >= 0.3 is 11.9 Å². The molecule has 0 aliphatic carbocycles. The topological polar surface area (TPSA) is 260 Å². The van der Waals surface area contributed by atoms with Gasteiger partial charge in [-0.05, 0) is 46.2 Å². The molecule has 390 valence electrons. The highest BCUT2D eigenvalue weighted by Crippen LogP contribution is 2.14. The zero-order chi connectivity index (χ0) is 49.4. The molecule has 0 saturated carbocycles. The van der Waals surface area contributed by atoms with Crippen LogP contribution < -0.4 is 21.7 Å². The number of carboxylic acids is 2. The van der Waals surface area contributed by atoms with Crippen LogP contribution >= 0.6 is 0 Å². The molecule has 0 saturated heterocycles. The second-order valence-electron chi connectivity index (χ2n) is 15.9. The van der Waals surface area contributed by atoms with E-state index >= 15 is 0 Å². The number of carboxylic acid groups (broad SMARTS) is 2. The normalized spacial score (nSPS) is 10.7. The fourth-order valence-electron chi connectivity index (χ4n) is 5.93. The Hall–Kier alpha value is -3.26. The molecule has 18 nitrogen and oxygen atoms in total. The molecule has 0 rings (SSSR count). The van der Waals surface area contributed by atoms with E-state index in [-0.39, 0.29) is 30.6 Å². The molecule has 66 heavy (non-hydrogen) atoms. The monoisotopic (exact) mass is 951 g/mol. The molecule has 0 aromatic heterocycles. The summed E-state index contributed by atoms with van der Waals surface area (Å²) in [4.78, 5) is 65.7. The minimum atomic E-state index is -0.905. The Morgan fingerprint density at radius 3 is 1.11 bits per heavy atom. The molecular weight excluding hydrogens is 857 g/mol. The lowest BCUT2D eigenvalue weighted by atomic mass is 10.0. The first-order valence-electron chi connectivity index (χ1n) is 24.8. The maximum Gasteiger partial charge on any atom is 0.303 e. The summed E-state index contributed by atoms with van der Waals surface area (Å²) in [6.45, 7) is 7.97. The van der Waals surface area contributed by atoms with Crippen molar-refractivity contribution in [2.75, 3.05) is 106 Å². The third-order valence-corrected chi connectivity index (χ3v) is 9.61. The lowest BCUT2D eigenvalue weighted by molar-refractivity contribution is -0.138. The van der Waals surface area contributed by atoms with Gasteiger partial charge in [-0.1, -0.05) is 90.4 Å². The summed E-state index contributed by atoms with van der Waals surface area (Å²) >= 11 is 0. The van der Waals surface area contributed by atoms with Crippen LogP contribution in [-0.2, 0) is 57.2 Å². The predicted octanol–water partition coefficient (Wildman–Crippen LogP) is 6.14. The number of rotatable bonds is 49. The Morgan fingerprint density at radius 1 is 0.379 bits per heavy atom. The van der Waals surface area contributed by atoms with Gasteiger partial charge in [0.2, 0.25) is 17.7 Å². The molecule has 0 atom stereocenters. The number of amides is 3. The Bertz CT molecular complexity index is 1090. The third-order valence-electron chi connectivity index (χ3n) is 9.61. The smallest absolute Gasteiger partial charge is 0.303 e. The Balaban J connectivity index is -0.00000133. The molecule has 18 heteroatoms. The lowest BCUT2D eigenvalue weighted by Gasteiger charge is -2.09. The van der Waals surface area contributed by atoms with Crippen LogP contribution in [0.2, 0.25) is 0 Å². The standard InChI is InChI=1S/C28H52N2O11.C18H35NO3.C2H7N/c1-2-25(31)7-4-3-5-11-29-27(33)10-13-36-15-17-38-19-21-40-23-24-41-22-20-39-18-16-37-14-12-30-26(32)8-6-9-28(34)35;19-17(20)15-13-11-9-7-5-3-1-2-4-6-8-10-12-14-16-18(21)22;1-3-2/h2-24H2,1H3,(H,29,33)(H,30,32)(H,34,35);1-16H2,(H2,19,20)(H,21,22);3H,1-2H3. The van der Waals surface area contributed by atoms with Crippen molar-refractivity contribution in [1.29, 1.82) is 0 Å². The van der Waals surface area contributed by atoms with Crippen molar-refractivity contribution < 1.29 is 67.4 Å². The predicted molar refractivity (Wildman–Crippen MR) is 256 cm³/mol. The maximum atomic E-state index is 11.7. The van der Waals surface area contributed by atoms with E-state index in [1.54, 1.807) is 0 Å². The van der Waals surface area contributed by atoms with Gasteiger partial charge in [-0.2, -0.15) is 0 Å². The van der Waals surface area contributed by atoms with Crippen molar-refractivity contribution in [3.63, 3.8) is 0 Å². The number of ether oxygens (including phenoxy) is 6. The van der Waals surface area contributed by atoms with Gasteiger partial charge in [0.15, 0.2) is 0 Å². The minimum absolute atomic E-state index is 0.0114. The van der Waals surface area contributed by atoms with Gasteiger partial charge in [0.25, 0.3) is 0 Å². The quantitative estimate of drug-likeness (QED) is 0.0375. The average molecular weight is 951 g/mol. The van der Waals surface area contributed by atoms with Crippen molar-refractivity contribution in [2.45, 2.75) is 167 Å². The van der Waals surface area contributed by atoms with E-state index in [0.717, 1.165) is 44.9 Å². The Labute approximate surface area is 397 Å². The number of nitrogens with two attached hydrogens (primary N) is 1. The summed E-state index contributed by atoms with van der Waals surface area (Å²) in [5.41, 5.74) is 5.10. The summed E-state index contributed by atoms with van der Waals surface area (Å²) < 4.78 is 32.4. The summed E-state index contributed by atoms with van der Waals surface area (Å²) in [6, 6.07) is 0. The Morgan fingerprint density at radius 2 is 0.697 bits per heavy atom. The number of hydrogen-bond donors (Lipinski definition) is 6. The number of aliphatic carboxylic acids is 2. The van der Waals surface area contributed by atoms with Gasteiger partial charge in [0.1, 0.15) is 5.78 Å². The van der Waals surface area contributed by atoms with Gasteiger partial charge in [-0.25, -0.2) is 0 Å². The first-order valence-corrected chi connectivity index (χ1v) is 24.8. The van der Waals surface area contributed by atoms with Crippen LogP contribution in [0.4, 0.5) is 0 Å². The minimum Gasteiger partial charge on any atom is -0.481 e. The van der Waals surface area contributed by atoms with Crippen LogP contribution in [0.25, 0.3) is 0 Å². The number of ketones is 1. The van der Waals surface area contributed by atoms with Gasteiger partial charge in [-0.3, -0.25) is 28.8 Å². The van der Waals surface area contributed by atoms with Gasteiger partial charge in [0, 0.05) is 58.0 Å². The highest BCUT2D eigenvalue weighted by Gasteiger charge is 2.05. The average Bonchev–Trinajstić information content (AvgIpc) is 3.27. The first kappa shape index (κ1) is 67.0. The zero-order valence-corrected chi connectivity index (χ0v) is 41.4. The number of primary amides is 1. The highest BCUT2D eigenvalue weighted by molar-refractivity contribution is 5.78. The number of unbranched alkanes of at least 4 members (excludes halogenated alkanes) is 15. The molecule has 0 aliphatic heterocycles. The molecule has 0 spiro atoms. The van der Waals surface area contributed by atoms with Crippen molar-refractivity contribution in [1.82, 2.24) is 16.0 Å². The van der Waals surface area contributed by atoms with E-state index in [0.29, 0.717) is 137 Å². The molecule has 0 unspecified atom stereocenters. The van der Waals surface area contributed by atoms with E-state index in [1.807, 2.05) is 21.0 Å². The van der Waals surface area contributed by atoms with Crippen molar-refractivity contribution in [3.8, 4) is 0 Å². The number of hydrogen-bond acceptors (Lipinski definition) is 13. The van der Waals surface area contributed by atoms with Crippen LogP contribution in [0.15, 0.2) is 0 Å². The molecule has 3 amide bonds. The van der Waals surface area contributed by atoms with Crippen LogP contribution in [0.5, 0.6) is 0 Å². The third kappa shape index (κ3) is 67.3. The maximum absolute atomic E-state index is 11.7. The van der Waals surface area contributed by atoms with E-state index in [4.69, 9.17) is 44.4 Å². The van der Waals surface area contributed by atoms with Crippen LogP contribution in [0.1, 0.15) is 167 Å². The fraction of sp³-hybridized carbons (Fsp3) is 0.875. The van der Waals surface area contributed by atoms with Crippen molar-refractivity contribution in [2.24, 2.45) is 5.73 Å². The zero-order valence-electron chi connectivity index (χ0n) is 41.4. The Kier molecular flexibility index (Phi) is 58.8. The van der Waals surface area contributed by atoms with E-state index in [1.165, 1.54) is 64.2 Å². The van der Waals surface area contributed by atoms with Crippen LogP contribution in [0, 0.1) is 0 Å². The highest BCUT2D eigenvalue weighted by atomic mass is 16.6. The van der Waals surface area contributed by atoms with Crippen molar-refractivity contribution in [3.05, 3.63) is 0 Å². The first-order chi connectivity index (χ1) is 32.0. The number of Topliss-reactive ketones (excluding diaryl/α,β-unsaturated/α-hetero) is 1. The van der Waals surface area contributed by atoms with E-state index in [2.05, 4.69) is 16.0 Å². The van der Waals surface area contributed by atoms with Gasteiger partial charge in [0.05, 0.1) is 79.3 Å². The molecular formula is C48H94N4O14. The number of carbonyl (C=O) groups excluding carboxylic acids is 4. The summed E-state index contributed by atoms with van der Waals surface area (Å²) in [7, 11) is 3.75. The van der Waals surface area contributed by atoms with Gasteiger partial charge < -0.3 is 60.3 Å². The molecule has 0 fully saturated rings. The second kappa shape index (κ2) is 57.9.